The minimum atomic E-state index is -0.140. The van der Waals surface area contributed by atoms with Gasteiger partial charge in [-0.3, -0.25) is 4.79 Å². The number of anilines is 1. The van der Waals surface area contributed by atoms with Crippen molar-refractivity contribution in [3.8, 4) is 5.75 Å². The number of hydrogen-bond donors (Lipinski definition) is 2. The summed E-state index contributed by atoms with van der Waals surface area (Å²) in [6, 6.07) is 14.8. The Bertz CT molecular complexity index is 599. The Hall–Kier alpha value is -1.98. The summed E-state index contributed by atoms with van der Waals surface area (Å²) < 4.78 is 5.43. The smallest absolute Gasteiger partial charge is 0.255 e. The molecule has 0 aromatic heterocycles. The van der Waals surface area contributed by atoms with E-state index in [9.17, 15) is 4.79 Å². The Morgan fingerprint density at radius 2 is 2.00 bits per heavy atom. The average molecular weight is 302 g/mol. The Balaban J connectivity index is 2.04. The van der Waals surface area contributed by atoms with Gasteiger partial charge in [-0.05, 0) is 42.7 Å². The molecule has 0 aliphatic rings. The van der Waals surface area contributed by atoms with Crippen molar-refractivity contribution in [1.29, 1.82) is 0 Å². The Morgan fingerprint density at radius 1 is 1.24 bits per heavy atom. The highest BCUT2D eigenvalue weighted by atomic mass is 32.2. The number of carbonyl (C=O) groups excluding carboxylic acids is 1. The summed E-state index contributed by atoms with van der Waals surface area (Å²) in [6.45, 7) is 0.909. The van der Waals surface area contributed by atoms with E-state index in [0.29, 0.717) is 30.2 Å². The van der Waals surface area contributed by atoms with Gasteiger partial charge in [0.05, 0.1) is 0 Å². The van der Waals surface area contributed by atoms with Gasteiger partial charge in [0.15, 0.2) is 0 Å². The number of carbonyl (C=O) groups is 1. The van der Waals surface area contributed by atoms with Crippen LogP contribution in [0.25, 0.3) is 0 Å². The highest BCUT2D eigenvalue weighted by Crippen LogP contribution is 2.19. The topological polar surface area (TPSA) is 64.3 Å². The second-order valence-corrected chi connectivity index (χ2v) is 5.23. The van der Waals surface area contributed by atoms with E-state index in [1.807, 2.05) is 48.7 Å². The number of thioether (sulfide) groups is 1. The molecule has 0 saturated heterocycles. The summed E-state index contributed by atoms with van der Waals surface area (Å²) in [5, 5.41) is 2.86. The zero-order chi connectivity index (χ0) is 15.1. The van der Waals surface area contributed by atoms with Gasteiger partial charge in [0.1, 0.15) is 12.4 Å². The number of nitrogens with two attached hydrogens (primary N) is 1. The molecular formula is C16H18N2O2S. The maximum absolute atomic E-state index is 12.2. The van der Waals surface area contributed by atoms with E-state index in [1.165, 1.54) is 0 Å². The van der Waals surface area contributed by atoms with Crippen LogP contribution in [0.2, 0.25) is 0 Å². The van der Waals surface area contributed by atoms with Crippen LogP contribution in [0, 0.1) is 0 Å². The van der Waals surface area contributed by atoms with Gasteiger partial charge < -0.3 is 15.8 Å². The molecule has 0 aliphatic heterocycles. The second-order valence-electron chi connectivity index (χ2n) is 4.35. The second kappa shape index (κ2) is 7.71. The molecule has 2 aromatic rings. The van der Waals surface area contributed by atoms with Crippen LogP contribution in [0.15, 0.2) is 53.4 Å². The van der Waals surface area contributed by atoms with E-state index in [0.717, 1.165) is 4.90 Å². The van der Waals surface area contributed by atoms with Crippen LogP contribution < -0.4 is 15.8 Å². The van der Waals surface area contributed by atoms with E-state index in [4.69, 9.17) is 10.5 Å². The first-order valence-electron chi connectivity index (χ1n) is 6.61. The van der Waals surface area contributed by atoms with Gasteiger partial charge in [-0.25, -0.2) is 0 Å². The summed E-state index contributed by atoms with van der Waals surface area (Å²) in [4.78, 5) is 13.3. The lowest BCUT2D eigenvalue weighted by Crippen LogP contribution is -2.12. The van der Waals surface area contributed by atoms with Crippen molar-refractivity contribution in [2.45, 2.75) is 4.90 Å². The fourth-order valence-electron chi connectivity index (χ4n) is 1.79. The average Bonchev–Trinajstić information content (AvgIpc) is 2.53. The molecule has 2 rings (SSSR count). The molecule has 0 aliphatic carbocycles. The zero-order valence-corrected chi connectivity index (χ0v) is 12.7. The van der Waals surface area contributed by atoms with Crippen molar-refractivity contribution in [1.82, 2.24) is 0 Å². The standard InChI is InChI=1S/C16H18N2O2S/c1-21-15-7-5-12(6-8-15)16(19)18-13-3-2-4-14(11-13)20-10-9-17/h2-8,11H,9-10,17H2,1H3,(H,18,19). The predicted molar refractivity (Wildman–Crippen MR) is 87.2 cm³/mol. The lowest BCUT2D eigenvalue weighted by molar-refractivity contribution is 0.102. The van der Waals surface area contributed by atoms with Crippen molar-refractivity contribution in [3.63, 3.8) is 0 Å². The van der Waals surface area contributed by atoms with Crippen molar-refractivity contribution >= 4 is 23.4 Å². The number of ether oxygens (including phenoxy) is 1. The van der Waals surface area contributed by atoms with Crippen LogP contribution in [0.3, 0.4) is 0 Å². The summed E-state index contributed by atoms with van der Waals surface area (Å²) in [7, 11) is 0. The highest BCUT2D eigenvalue weighted by molar-refractivity contribution is 7.98. The van der Waals surface area contributed by atoms with Gasteiger partial charge in [-0.1, -0.05) is 6.07 Å². The molecule has 0 fully saturated rings. The van der Waals surface area contributed by atoms with Crippen LogP contribution in [0.4, 0.5) is 5.69 Å². The van der Waals surface area contributed by atoms with Gasteiger partial charge in [0, 0.05) is 28.8 Å². The molecule has 110 valence electrons. The van der Waals surface area contributed by atoms with Gasteiger partial charge in [-0.15, -0.1) is 11.8 Å². The minimum Gasteiger partial charge on any atom is -0.492 e. The lowest BCUT2D eigenvalue weighted by Gasteiger charge is -2.09. The van der Waals surface area contributed by atoms with E-state index >= 15 is 0 Å². The summed E-state index contributed by atoms with van der Waals surface area (Å²) in [5.41, 5.74) is 6.72. The van der Waals surface area contributed by atoms with E-state index in [2.05, 4.69) is 5.32 Å². The lowest BCUT2D eigenvalue weighted by atomic mass is 10.2. The van der Waals surface area contributed by atoms with E-state index < -0.39 is 0 Å². The fraction of sp³-hybridized carbons (Fsp3) is 0.188. The fourth-order valence-corrected chi connectivity index (χ4v) is 2.19. The summed E-state index contributed by atoms with van der Waals surface area (Å²) in [5.74, 6) is 0.551. The molecule has 0 unspecified atom stereocenters. The first-order valence-corrected chi connectivity index (χ1v) is 7.84. The maximum Gasteiger partial charge on any atom is 0.255 e. The van der Waals surface area contributed by atoms with Gasteiger partial charge in [0.25, 0.3) is 5.91 Å². The van der Waals surface area contributed by atoms with E-state index in [-0.39, 0.29) is 5.91 Å². The first-order chi connectivity index (χ1) is 10.2. The van der Waals surface area contributed by atoms with Crippen molar-refractivity contribution in [2.75, 3.05) is 24.7 Å². The number of rotatable bonds is 6. The Morgan fingerprint density at radius 3 is 2.67 bits per heavy atom. The van der Waals surface area contributed by atoms with Gasteiger partial charge in [0.2, 0.25) is 0 Å². The molecule has 0 spiro atoms. The monoisotopic (exact) mass is 302 g/mol. The quantitative estimate of drug-likeness (QED) is 0.805. The molecule has 4 nitrogen and oxygen atoms in total. The van der Waals surface area contributed by atoms with Gasteiger partial charge >= 0.3 is 0 Å². The number of hydrogen-bond acceptors (Lipinski definition) is 4. The molecule has 0 atom stereocenters. The number of benzene rings is 2. The third-order valence-electron chi connectivity index (χ3n) is 2.83. The van der Waals surface area contributed by atoms with Crippen molar-refractivity contribution in [2.24, 2.45) is 5.73 Å². The molecule has 0 radical (unpaired) electrons. The molecule has 0 heterocycles. The van der Waals surface area contributed by atoms with Crippen LogP contribution in [-0.2, 0) is 0 Å². The molecule has 21 heavy (non-hydrogen) atoms. The van der Waals surface area contributed by atoms with Gasteiger partial charge in [-0.2, -0.15) is 0 Å². The Kier molecular flexibility index (Phi) is 5.66. The zero-order valence-electron chi connectivity index (χ0n) is 11.8. The molecule has 2 aromatic carbocycles. The molecule has 3 N–H and O–H groups in total. The number of nitrogens with one attached hydrogen (secondary N) is 1. The van der Waals surface area contributed by atoms with Crippen LogP contribution >= 0.6 is 11.8 Å². The largest absolute Gasteiger partial charge is 0.492 e. The third kappa shape index (κ3) is 4.51. The van der Waals surface area contributed by atoms with E-state index in [1.54, 1.807) is 17.8 Å². The maximum atomic E-state index is 12.2. The minimum absolute atomic E-state index is 0.140. The first kappa shape index (κ1) is 15.4. The third-order valence-corrected chi connectivity index (χ3v) is 3.57. The molecular weight excluding hydrogens is 284 g/mol. The highest BCUT2D eigenvalue weighted by Gasteiger charge is 2.06. The van der Waals surface area contributed by atoms with Crippen LogP contribution in [0.1, 0.15) is 10.4 Å². The molecule has 0 bridgehead atoms. The summed E-state index contributed by atoms with van der Waals surface area (Å²) in [6.07, 6.45) is 2.00. The SMILES string of the molecule is CSc1ccc(C(=O)Nc2cccc(OCCN)c2)cc1. The molecule has 5 heteroatoms. The Labute approximate surface area is 128 Å². The molecule has 1 amide bonds. The van der Waals surface area contributed by atoms with Crippen molar-refractivity contribution < 1.29 is 9.53 Å². The number of amides is 1. The van der Waals surface area contributed by atoms with Crippen LogP contribution in [-0.4, -0.2) is 25.3 Å². The normalized spacial score (nSPS) is 10.2. The molecule has 0 saturated carbocycles. The van der Waals surface area contributed by atoms with Crippen LogP contribution in [0.5, 0.6) is 5.75 Å². The predicted octanol–water partition coefficient (Wildman–Crippen LogP) is 3.00. The van der Waals surface area contributed by atoms with Crippen molar-refractivity contribution in [3.05, 3.63) is 54.1 Å². The summed E-state index contributed by atoms with van der Waals surface area (Å²) >= 11 is 1.64.